The van der Waals surface area contributed by atoms with Crippen LogP contribution in [-0.4, -0.2) is 5.11 Å². The molecule has 0 unspecified atom stereocenters. The Labute approximate surface area is 118 Å². The molecule has 20 heavy (non-hydrogen) atoms. The molecule has 1 aromatic heterocycles. The molecule has 2 aromatic carbocycles. The van der Waals surface area contributed by atoms with Gasteiger partial charge in [0.2, 0.25) is 0 Å². The van der Waals surface area contributed by atoms with Crippen LogP contribution in [0.25, 0.3) is 22.3 Å². The second-order valence-electron chi connectivity index (χ2n) is 5.18. The van der Waals surface area contributed by atoms with Crippen LogP contribution in [0.1, 0.15) is 24.5 Å². The van der Waals surface area contributed by atoms with Gasteiger partial charge in [-0.1, -0.05) is 19.4 Å². The summed E-state index contributed by atoms with van der Waals surface area (Å²) in [6.45, 7) is 4.28. The van der Waals surface area contributed by atoms with Crippen LogP contribution in [0, 0.1) is 6.92 Å². The van der Waals surface area contributed by atoms with Gasteiger partial charge in [-0.25, -0.2) is 0 Å². The summed E-state index contributed by atoms with van der Waals surface area (Å²) in [6.07, 6.45) is 2.24. The molecule has 2 nitrogen and oxygen atoms in total. The number of phenolic OH excluding ortho intramolecular Hbond substituents is 1. The first-order valence-corrected chi connectivity index (χ1v) is 7.00. The molecule has 0 atom stereocenters. The highest BCUT2D eigenvalue weighted by molar-refractivity contribution is 5.88. The van der Waals surface area contributed by atoms with Gasteiger partial charge in [-0.05, 0) is 55.3 Å². The van der Waals surface area contributed by atoms with Gasteiger partial charge < -0.3 is 9.52 Å². The number of aryl methyl sites for hydroxylation is 2. The van der Waals surface area contributed by atoms with Crippen LogP contribution in [-0.2, 0) is 6.42 Å². The monoisotopic (exact) mass is 266 g/mol. The first-order valence-electron chi connectivity index (χ1n) is 7.00. The zero-order valence-corrected chi connectivity index (χ0v) is 11.8. The van der Waals surface area contributed by atoms with Crippen molar-refractivity contribution in [2.45, 2.75) is 26.7 Å². The van der Waals surface area contributed by atoms with E-state index in [1.807, 2.05) is 12.1 Å². The molecule has 0 radical (unpaired) electrons. The van der Waals surface area contributed by atoms with E-state index >= 15 is 0 Å². The van der Waals surface area contributed by atoms with Crippen molar-refractivity contribution >= 4 is 11.0 Å². The molecule has 2 heteroatoms. The third-order valence-electron chi connectivity index (χ3n) is 3.67. The van der Waals surface area contributed by atoms with Gasteiger partial charge in [-0.2, -0.15) is 0 Å². The van der Waals surface area contributed by atoms with E-state index in [4.69, 9.17) is 4.42 Å². The summed E-state index contributed by atoms with van der Waals surface area (Å²) < 4.78 is 5.98. The lowest BCUT2D eigenvalue weighted by Crippen LogP contribution is -1.82. The second kappa shape index (κ2) is 5.04. The predicted molar refractivity (Wildman–Crippen MR) is 82.0 cm³/mol. The lowest BCUT2D eigenvalue weighted by Gasteiger charge is -1.99. The van der Waals surface area contributed by atoms with Gasteiger partial charge in [0.25, 0.3) is 0 Å². The van der Waals surface area contributed by atoms with E-state index in [1.165, 1.54) is 10.9 Å². The number of fused-ring (bicyclic) bond motifs is 1. The van der Waals surface area contributed by atoms with E-state index in [0.717, 1.165) is 35.3 Å². The normalized spacial score (nSPS) is 11.1. The molecule has 0 spiro atoms. The van der Waals surface area contributed by atoms with Gasteiger partial charge in [0.05, 0.1) is 0 Å². The van der Waals surface area contributed by atoms with E-state index in [0.29, 0.717) is 0 Å². The minimum absolute atomic E-state index is 0.271. The van der Waals surface area contributed by atoms with Crippen LogP contribution in [0.3, 0.4) is 0 Å². The molecule has 0 aliphatic carbocycles. The molecule has 0 saturated carbocycles. The zero-order chi connectivity index (χ0) is 14.1. The molecule has 0 aliphatic heterocycles. The molecule has 0 saturated heterocycles. The number of phenols is 1. The fourth-order valence-corrected chi connectivity index (χ4v) is 2.60. The summed E-state index contributed by atoms with van der Waals surface area (Å²) in [5.74, 6) is 1.15. The smallest absolute Gasteiger partial charge is 0.138 e. The highest BCUT2D eigenvalue weighted by atomic mass is 16.3. The zero-order valence-electron chi connectivity index (χ0n) is 11.8. The number of furan rings is 1. The second-order valence-corrected chi connectivity index (χ2v) is 5.18. The van der Waals surface area contributed by atoms with Gasteiger partial charge >= 0.3 is 0 Å². The highest BCUT2D eigenvalue weighted by Gasteiger charge is 2.12. The Kier molecular flexibility index (Phi) is 3.23. The summed E-state index contributed by atoms with van der Waals surface area (Å²) in [7, 11) is 0. The Hall–Kier alpha value is -2.22. The Morgan fingerprint density at radius 2 is 1.80 bits per heavy atom. The van der Waals surface area contributed by atoms with E-state index in [1.54, 1.807) is 12.1 Å². The van der Waals surface area contributed by atoms with E-state index in [9.17, 15) is 5.11 Å². The molecule has 1 heterocycles. The first kappa shape index (κ1) is 12.8. The SMILES string of the molecule is CCCc1ccc2oc(-c3ccc(O)cc3)c(C)c2c1. The average molecular weight is 266 g/mol. The van der Waals surface area contributed by atoms with Crippen molar-refractivity contribution in [3.8, 4) is 17.1 Å². The molecule has 0 fully saturated rings. The number of hydrogen-bond acceptors (Lipinski definition) is 2. The van der Waals surface area contributed by atoms with Crippen LogP contribution < -0.4 is 0 Å². The van der Waals surface area contributed by atoms with E-state index < -0.39 is 0 Å². The topological polar surface area (TPSA) is 33.4 Å². The fraction of sp³-hybridized carbons (Fsp3) is 0.222. The summed E-state index contributed by atoms with van der Waals surface area (Å²) in [6, 6.07) is 13.5. The Morgan fingerprint density at radius 1 is 1.05 bits per heavy atom. The van der Waals surface area contributed by atoms with Crippen molar-refractivity contribution in [2.24, 2.45) is 0 Å². The van der Waals surface area contributed by atoms with Crippen LogP contribution in [0.5, 0.6) is 5.75 Å². The van der Waals surface area contributed by atoms with E-state index in [2.05, 4.69) is 32.0 Å². The van der Waals surface area contributed by atoms with Crippen molar-refractivity contribution < 1.29 is 9.52 Å². The van der Waals surface area contributed by atoms with Crippen molar-refractivity contribution in [3.05, 3.63) is 53.6 Å². The fourth-order valence-electron chi connectivity index (χ4n) is 2.60. The molecule has 1 N–H and O–H groups in total. The Bertz CT molecular complexity index is 736. The van der Waals surface area contributed by atoms with Crippen LogP contribution in [0.4, 0.5) is 0 Å². The maximum atomic E-state index is 9.38. The van der Waals surface area contributed by atoms with Gasteiger partial charge in [-0.15, -0.1) is 0 Å². The summed E-state index contributed by atoms with van der Waals surface area (Å²) in [5, 5.41) is 10.6. The van der Waals surface area contributed by atoms with E-state index in [-0.39, 0.29) is 5.75 Å². The maximum Gasteiger partial charge on any atom is 0.138 e. The van der Waals surface area contributed by atoms with Gasteiger partial charge in [0.1, 0.15) is 17.1 Å². The van der Waals surface area contributed by atoms with Crippen LogP contribution in [0.2, 0.25) is 0 Å². The molecule has 0 amide bonds. The maximum absolute atomic E-state index is 9.38. The number of benzene rings is 2. The number of aromatic hydroxyl groups is 1. The standard InChI is InChI=1S/C18H18O2/c1-3-4-13-5-10-17-16(11-13)12(2)18(20-17)14-6-8-15(19)9-7-14/h5-11,19H,3-4H2,1-2H3. The molecule has 0 aliphatic rings. The third kappa shape index (κ3) is 2.18. The summed E-state index contributed by atoms with van der Waals surface area (Å²) in [5.41, 5.74) is 4.42. The molecule has 3 aromatic rings. The minimum atomic E-state index is 0.271. The van der Waals surface area contributed by atoms with Crippen LogP contribution >= 0.6 is 0 Å². The van der Waals surface area contributed by atoms with Crippen molar-refractivity contribution in [2.75, 3.05) is 0 Å². The molecule has 102 valence electrons. The Balaban J connectivity index is 2.12. The largest absolute Gasteiger partial charge is 0.508 e. The van der Waals surface area contributed by atoms with Crippen molar-refractivity contribution in [1.29, 1.82) is 0 Å². The van der Waals surface area contributed by atoms with Gasteiger partial charge in [0, 0.05) is 16.5 Å². The Morgan fingerprint density at radius 3 is 2.50 bits per heavy atom. The van der Waals surface area contributed by atoms with Crippen LogP contribution in [0.15, 0.2) is 46.9 Å². The highest BCUT2D eigenvalue weighted by Crippen LogP contribution is 2.34. The number of rotatable bonds is 3. The van der Waals surface area contributed by atoms with Crippen molar-refractivity contribution in [1.82, 2.24) is 0 Å². The quantitative estimate of drug-likeness (QED) is 0.718. The van der Waals surface area contributed by atoms with Crippen molar-refractivity contribution in [3.63, 3.8) is 0 Å². The summed E-state index contributed by atoms with van der Waals surface area (Å²) >= 11 is 0. The lowest BCUT2D eigenvalue weighted by molar-refractivity contribution is 0.475. The van der Waals surface area contributed by atoms with Gasteiger partial charge in [0.15, 0.2) is 0 Å². The third-order valence-corrected chi connectivity index (χ3v) is 3.67. The molecule has 3 rings (SSSR count). The summed E-state index contributed by atoms with van der Waals surface area (Å²) in [4.78, 5) is 0. The minimum Gasteiger partial charge on any atom is -0.508 e. The first-order chi connectivity index (χ1) is 9.69. The molecular formula is C18H18O2. The molecular weight excluding hydrogens is 248 g/mol. The van der Waals surface area contributed by atoms with Gasteiger partial charge in [-0.3, -0.25) is 0 Å². The molecule has 0 bridgehead atoms. The number of hydrogen-bond donors (Lipinski definition) is 1. The predicted octanol–water partition coefficient (Wildman–Crippen LogP) is 5.07. The average Bonchev–Trinajstić information content (AvgIpc) is 2.78. The lowest BCUT2D eigenvalue weighted by atomic mass is 10.0.